The van der Waals surface area contributed by atoms with Crippen molar-refractivity contribution in [3.8, 4) is 0 Å². The van der Waals surface area contributed by atoms with Crippen LogP contribution in [-0.4, -0.2) is 39.4 Å². The van der Waals surface area contributed by atoms with Crippen molar-refractivity contribution in [3.63, 3.8) is 0 Å². The molecule has 1 atom stereocenters. The van der Waals surface area contributed by atoms with Gasteiger partial charge in [-0.2, -0.15) is 8.78 Å². The molecule has 0 radical (unpaired) electrons. The van der Waals surface area contributed by atoms with Crippen LogP contribution in [-0.2, 0) is 16.1 Å². The molecule has 2 heterocycles. The van der Waals surface area contributed by atoms with Gasteiger partial charge in [-0.15, -0.1) is 0 Å². The van der Waals surface area contributed by atoms with E-state index in [1.165, 1.54) is 12.4 Å². The number of hydrogen-bond acceptors (Lipinski definition) is 3. The zero-order valence-corrected chi connectivity index (χ0v) is 14.3. The van der Waals surface area contributed by atoms with E-state index in [0.29, 0.717) is 19.5 Å². The molecule has 1 aromatic rings. The fourth-order valence-electron chi connectivity index (χ4n) is 2.82. The van der Waals surface area contributed by atoms with Gasteiger partial charge in [0.15, 0.2) is 0 Å². The summed E-state index contributed by atoms with van der Waals surface area (Å²) in [7, 11) is 0. The van der Waals surface area contributed by atoms with Gasteiger partial charge in [-0.3, -0.25) is 14.2 Å². The van der Waals surface area contributed by atoms with Crippen LogP contribution in [0.1, 0.15) is 46.0 Å². The van der Waals surface area contributed by atoms with Gasteiger partial charge in [0.25, 0.3) is 0 Å². The summed E-state index contributed by atoms with van der Waals surface area (Å²) in [6.07, 6.45) is 3.89. The minimum atomic E-state index is -2.69. The second-order valence-corrected chi connectivity index (χ2v) is 7.09. The predicted molar refractivity (Wildman–Crippen MR) is 84.1 cm³/mol. The standard InChI is InChI=1S/C16H24F2N4O2/c1-16(2,3)14(24)21-7-4-5-11(10-21)13(23)20-9-12-19-6-8-22(12)15(17)18/h6,8,11,15H,4-5,7,9-10H2,1-3H3,(H,20,23). The Morgan fingerprint density at radius 3 is 2.75 bits per heavy atom. The number of carbonyl (C=O) groups is 2. The quantitative estimate of drug-likeness (QED) is 0.912. The van der Waals surface area contributed by atoms with E-state index in [4.69, 9.17) is 0 Å². The molecular formula is C16H24F2N4O2. The van der Waals surface area contributed by atoms with Crippen LogP contribution in [0, 0.1) is 11.3 Å². The summed E-state index contributed by atoms with van der Waals surface area (Å²) in [6.45, 7) is 3.82. The zero-order chi connectivity index (χ0) is 17.9. The van der Waals surface area contributed by atoms with Crippen molar-refractivity contribution in [2.24, 2.45) is 11.3 Å². The SMILES string of the molecule is CC(C)(C)C(=O)N1CCCC(C(=O)NCc2nccn2C(F)F)C1. The molecule has 0 saturated carbocycles. The molecule has 6 nitrogen and oxygen atoms in total. The lowest BCUT2D eigenvalue weighted by Gasteiger charge is -2.35. The Kier molecular flexibility index (Phi) is 5.56. The van der Waals surface area contributed by atoms with Crippen molar-refractivity contribution in [2.75, 3.05) is 13.1 Å². The average Bonchev–Trinajstić information content (AvgIpc) is 3.00. The third-order valence-electron chi connectivity index (χ3n) is 4.10. The number of aromatic nitrogens is 2. The molecule has 8 heteroatoms. The third kappa shape index (κ3) is 4.30. The maximum atomic E-state index is 12.8. The largest absolute Gasteiger partial charge is 0.349 e. The van der Waals surface area contributed by atoms with Gasteiger partial charge in [-0.1, -0.05) is 20.8 Å². The third-order valence-corrected chi connectivity index (χ3v) is 4.10. The summed E-state index contributed by atoms with van der Waals surface area (Å²) < 4.78 is 26.2. The lowest BCUT2D eigenvalue weighted by atomic mass is 9.91. The zero-order valence-electron chi connectivity index (χ0n) is 14.3. The van der Waals surface area contributed by atoms with E-state index < -0.39 is 12.0 Å². The Morgan fingerprint density at radius 1 is 1.42 bits per heavy atom. The number of nitrogens with zero attached hydrogens (tertiary/aromatic N) is 3. The molecule has 0 bridgehead atoms. The first-order chi connectivity index (χ1) is 11.2. The highest BCUT2D eigenvalue weighted by Gasteiger charge is 2.33. The number of nitrogens with one attached hydrogen (secondary N) is 1. The molecule has 1 N–H and O–H groups in total. The van der Waals surface area contributed by atoms with Crippen LogP contribution in [0.3, 0.4) is 0 Å². The van der Waals surface area contributed by atoms with Crippen molar-refractivity contribution in [1.82, 2.24) is 19.8 Å². The highest BCUT2D eigenvalue weighted by atomic mass is 19.3. The Morgan fingerprint density at radius 2 is 2.12 bits per heavy atom. The van der Waals surface area contributed by atoms with E-state index in [1.54, 1.807) is 4.90 Å². The molecule has 1 aromatic heterocycles. The summed E-state index contributed by atoms with van der Waals surface area (Å²) >= 11 is 0. The number of piperidine rings is 1. The number of carbonyl (C=O) groups excluding carboxylic acids is 2. The smallest absolute Gasteiger partial charge is 0.319 e. The first-order valence-electron chi connectivity index (χ1n) is 8.07. The number of rotatable bonds is 4. The number of alkyl halides is 2. The Balaban J connectivity index is 1.92. The lowest BCUT2D eigenvalue weighted by molar-refractivity contribution is -0.142. The molecule has 1 aliphatic heterocycles. The molecule has 1 aliphatic rings. The normalized spacial score (nSPS) is 18.8. The van der Waals surface area contributed by atoms with Gasteiger partial charge in [0.1, 0.15) is 5.82 Å². The monoisotopic (exact) mass is 342 g/mol. The van der Waals surface area contributed by atoms with E-state index in [-0.39, 0.29) is 30.1 Å². The number of amides is 2. The van der Waals surface area contributed by atoms with Crippen LogP contribution in [0.4, 0.5) is 8.78 Å². The van der Waals surface area contributed by atoms with Crippen molar-refractivity contribution in [1.29, 1.82) is 0 Å². The van der Waals surface area contributed by atoms with Gasteiger partial charge < -0.3 is 10.2 Å². The summed E-state index contributed by atoms with van der Waals surface area (Å²) in [6, 6.07) is 0. The molecule has 0 aromatic carbocycles. The highest BCUT2D eigenvalue weighted by molar-refractivity contribution is 5.83. The number of imidazole rings is 1. The van der Waals surface area contributed by atoms with E-state index >= 15 is 0 Å². The fourth-order valence-corrected chi connectivity index (χ4v) is 2.82. The van der Waals surface area contributed by atoms with Crippen LogP contribution in [0.25, 0.3) is 0 Å². The Labute approximate surface area is 140 Å². The molecule has 1 saturated heterocycles. The first-order valence-corrected chi connectivity index (χ1v) is 8.07. The molecule has 0 spiro atoms. The molecule has 24 heavy (non-hydrogen) atoms. The van der Waals surface area contributed by atoms with Crippen LogP contribution in [0.15, 0.2) is 12.4 Å². The second-order valence-electron chi connectivity index (χ2n) is 7.09. The molecule has 2 rings (SSSR count). The van der Waals surface area contributed by atoms with Gasteiger partial charge in [0, 0.05) is 30.9 Å². The average molecular weight is 342 g/mol. The molecule has 1 unspecified atom stereocenters. The predicted octanol–water partition coefficient (Wildman–Crippen LogP) is 2.18. The Bertz CT molecular complexity index is 595. The van der Waals surface area contributed by atoms with Crippen LogP contribution >= 0.6 is 0 Å². The van der Waals surface area contributed by atoms with Crippen LogP contribution in [0.2, 0.25) is 0 Å². The lowest BCUT2D eigenvalue weighted by Crippen LogP contribution is -2.48. The highest BCUT2D eigenvalue weighted by Crippen LogP contribution is 2.23. The first kappa shape index (κ1) is 18.4. The number of hydrogen-bond donors (Lipinski definition) is 1. The summed E-state index contributed by atoms with van der Waals surface area (Å²) in [5, 5.41) is 2.65. The minimum Gasteiger partial charge on any atom is -0.349 e. The van der Waals surface area contributed by atoms with E-state index in [1.807, 2.05) is 20.8 Å². The van der Waals surface area contributed by atoms with Crippen molar-refractivity contribution < 1.29 is 18.4 Å². The maximum absolute atomic E-state index is 12.8. The number of halogens is 2. The molecular weight excluding hydrogens is 318 g/mol. The van der Waals surface area contributed by atoms with Crippen molar-refractivity contribution in [2.45, 2.75) is 46.7 Å². The molecule has 0 aliphatic carbocycles. The van der Waals surface area contributed by atoms with Gasteiger partial charge in [0.2, 0.25) is 11.8 Å². The van der Waals surface area contributed by atoms with Gasteiger partial charge in [-0.05, 0) is 12.8 Å². The van der Waals surface area contributed by atoms with Gasteiger partial charge in [-0.25, -0.2) is 4.98 Å². The fraction of sp³-hybridized carbons (Fsp3) is 0.688. The van der Waals surface area contributed by atoms with Gasteiger partial charge >= 0.3 is 6.55 Å². The van der Waals surface area contributed by atoms with E-state index in [2.05, 4.69) is 10.3 Å². The molecule has 1 fully saturated rings. The Hall–Kier alpha value is -1.99. The summed E-state index contributed by atoms with van der Waals surface area (Å²) in [4.78, 5) is 30.2. The molecule has 2 amide bonds. The molecule has 134 valence electrons. The van der Waals surface area contributed by atoms with Crippen molar-refractivity contribution >= 4 is 11.8 Å². The van der Waals surface area contributed by atoms with E-state index in [9.17, 15) is 18.4 Å². The van der Waals surface area contributed by atoms with E-state index in [0.717, 1.165) is 11.0 Å². The topological polar surface area (TPSA) is 67.2 Å². The van der Waals surface area contributed by atoms with Gasteiger partial charge in [0.05, 0.1) is 12.5 Å². The summed E-state index contributed by atoms with van der Waals surface area (Å²) in [5.74, 6) is -0.421. The van der Waals surface area contributed by atoms with Crippen molar-refractivity contribution in [3.05, 3.63) is 18.2 Å². The minimum absolute atomic E-state index is 0.0215. The maximum Gasteiger partial charge on any atom is 0.319 e. The number of likely N-dealkylation sites (tertiary alicyclic amines) is 1. The summed E-state index contributed by atoms with van der Waals surface area (Å²) in [5.41, 5.74) is -0.486. The second kappa shape index (κ2) is 7.27. The van der Waals surface area contributed by atoms with Crippen LogP contribution in [0.5, 0.6) is 0 Å². The van der Waals surface area contributed by atoms with Crippen LogP contribution < -0.4 is 5.32 Å².